The summed E-state index contributed by atoms with van der Waals surface area (Å²) in [6, 6.07) is 10.4. The SMILES string of the molecule is CN(C)c1ccc([N+](=O)[O-])cc1C(=O)N1CCN(Cc2ccc3c(c2)OCCO3)CC1. The van der Waals surface area contributed by atoms with E-state index in [9.17, 15) is 14.9 Å². The van der Waals surface area contributed by atoms with Crippen LogP contribution in [0.4, 0.5) is 11.4 Å². The van der Waals surface area contributed by atoms with Gasteiger partial charge in [0.15, 0.2) is 11.5 Å². The fourth-order valence-corrected chi connectivity index (χ4v) is 3.92. The minimum Gasteiger partial charge on any atom is -0.486 e. The summed E-state index contributed by atoms with van der Waals surface area (Å²) in [6.45, 7) is 4.49. The number of carbonyl (C=O) groups excluding carboxylic acids is 1. The number of nitrogens with zero attached hydrogens (tertiary/aromatic N) is 4. The van der Waals surface area contributed by atoms with Crippen LogP contribution in [0, 0.1) is 10.1 Å². The Morgan fingerprint density at radius 3 is 2.42 bits per heavy atom. The molecule has 2 heterocycles. The number of hydrogen-bond acceptors (Lipinski definition) is 7. The van der Waals surface area contributed by atoms with Gasteiger partial charge in [0.1, 0.15) is 13.2 Å². The van der Waals surface area contributed by atoms with Gasteiger partial charge >= 0.3 is 0 Å². The molecule has 0 saturated carbocycles. The van der Waals surface area contributed by atoms with E-state index in [1.54, 1.807) is 15.9 Å². The first kappa shape index (κ1) is 20.9. The molecule has 2 aliphatic rings. The highest BCUT2D eigenvalue weighted by Crippen LogP contribution is 2.31. The molecule has 1 saturated heterocycles. The van der Waals surface area contributed by atoms with Gasteiger partial charge in [-0.15, -0.1) is 0 Å². The summed E-state index contributed by atoms with van der Waals surface area (Å²) in [7, 11) is 3.65. The van der Waals surface area contributed by atoms with Gasteiger partial charge in [-0.1, -0.05) is 6.07 Å². The second kappa shape index (κ2) is 8.81. The number of benzene rings is 2. The smallest absolute Gasteiger partial charge is 0.270 e. The van der Waals surface area contributed by atoms with Crippen molar-refractivity contribution in [2.75, 3.05) is 58.4 Å². The Bertz CT molecular complexity index is 986. The van der Waals surface area contributed by atoms with Crippen molar-refractivity contribution < 1.29 is 19.2 Å². The van der Waals surface area contributed by atoms with E-state index in [0.29, 0.717) is 37.6 Å². The van der Waals surface area contributed by atoms with Crippen molar-refractivity contribution in [3.63, 3.8) is 0 Å². The Balaban J connectivity index is 1.41. The number of non-ortho nitro benzene ring substituents is 1. The van der Waals surface area contributed by atoms with Gasteiger partial charge in [0.05, 0.1) is 10.5 Å². The van der Waals surface area contributed by atoms with E-state index in [4.69, 9.17) is 9.47 Å². The van der Waals surface area contributed by atoms with E-state index < -0.39 is 4.92 Å². The van der Waals surface area contributed by atoms with Crippen LogP contribution in [-0.2, 0) is 6.54 Å². The van der Waals surface area contributed by atoms with Crippen LogP contribution < -0.4 is 14.4 Å². The Labute approximate surface area is 180 Å². The number of fused-ring (bicyclic) bond motifs is 1. The molecule has 1 fully saturated rings. The molecule has 0 unspecified atom stereocenters. The van der Waals surface area contributed by atoms with Crippen molar-refractivity contribution >= 4 is 17.3 Å². The summed E-state index contributed by atoms with van der Waals surface area (Å²) in [5, 5.41) is 11.2. The number of piperazine rings is 1. The number of nitro benzene ring substituents is 1. The average Bonchev–Trinajstić information content (AvgIpc) is 2.78. The van der Waals surface area contributed by atoms with Crippen molar-refractivity contribution in [3.05, 3.63) is 57.6 Å². The maximum atomic E-state index is 13.2. The Kier molecular flexibility index (Phi) is 5.94. The van der Waals surface area contributed by atoms with Crippen LogP contribution in [0.15, 0.2) is 36.4 Å². The maximum absolute atomic E-state index is 13.2. The number of rotatable bonds is 5. The van der Waals surface area contributed by atoms with Crippen LogP contribution >= 0.6 is 0 Å². The van der Waals surface area contributed by atoms with Crippen molar-refractivity contribution in [1.29, 1.82) is 0 Å². The predicted octanol–water partition coefficient (Wildman–Crippen LogP) is 2.39. The zero-order valence-corrected chi connectivity index (χ0v) is 17.7. The van der Waals surface area contributed by atoms with Crippen molar-refractivity contribution in [2.24, 2.45) is 0 Å². The first-order chi connectivity index (χ1) is 14.9. The fourth-order valence-electron chi connectivity index (χ4n) is 3.92. The Morgan fingerprint density at radius 2 is 1.74 bits per heavy atom. The fraction of sp³-hybridized carbons (Fsp3) is 0.409. The van der Waals surface area contributed by atoms with Gasteiger partial charge in [-0.2, -0.15) is 0 Å². The normalized spacial score (nSPS) is 16.1. The number of amides is 1. The third-order valence-electron chi connectivity index (χ3n) is 5.58. The van der Waals surface area contributed by atoms with Crippen molar-refractivity contribution in [1.82, 2.24) is 9.80 Å². The molecule has 1 amide bonds. The van der Waals surface area contributed by atoms with Gasteiger partial charge in [0, 0.05) is 64.6 Å². The molecule has 2 aliphatic heterocycles. The summed E-state index contributed by atoms with van der Waals surface area (Å²) >= 11 is 0. The number of anilines is 1. The molecule has 0 atom stereocenters. The molecular weight excluding hydrogens is 400 g/mol. The highest BCUT2D eigenvalue weighted by molar-refractivity contribution is 6.00. The van der Waals surface area contributed by atoms with E-state index in [-0.39, 0.29) is 11.6 Å². The molecular formula is C22H26N4O5. The zero-order chi connectivity index (χ0) is 22.0. The molecule has 0 aliphatic carbocycles. The van der Waals surface area contributed by atoms with Gasteiger partial charge in [0.2, 0.25) is 0 Å². The van der Waals surface area contributed by atoms with Gasteiger partial charge < -0.3 is 19.3 Å². The summed E-state index contributed by atoms with van der Waals surface area (Å²) < 4.78 is 11.2. The van der Waals surface area contributed by atoms with E-state index in [1.165, 1.54) is 12.1 Å². The molecule has 9 heteroatoms. The molecule has 9 nitrogen and oxygen atoms in total. The van der Waals surface area contributed by atoms with E-state index in [0.717, 1.165) is 36.7 Å². The number of carbonyl (C=O) groups is 1. The average molecular weight is 426 g/mol. The van der Waals surface area contributed by atoms with E-state index in [1.807, 2.05) is 32.3 Å². The van der Waals surface area contributed by atoms with E-state index >= 15 is 0 Å². The molecule has 0 spiro atoms. The highest BCUT2D eigenvalue weighted by Gasteiger charge is 2.26. The van der Waals surface area contributed by atoms with Crippen LogP contribution in [0.2, 0.25) is 0 Å². The lowest BCUT2D eigenvalue weighted by Gasteiger charge is -2.35. The number of ether oxygens (including phenoxy) is 2. The molecule has 0 aromatic heterocycles. The number of nitro groups is 1. The largest absolute Gasteiger partial charge is 0.486 e. The summed E-state index contributed by atoms with van der Waals surface area (Å²) in [5.74, 6) is 1.38. The predicted molar refractivity (Wildman–Crippen MR) is 116 cm³/mol. The van der Waals surface area contributed by atoms with Crippen LogP contribution in [0.25, 0.3) is 0 Å². The third kappa shape index (κ3) is 4.56. The Morgan fingerprint density at radius 1 is 1.03 bits per heavy atom. The van der Waals surface area contributed by atoms with Crippen LogP contribution in [0.1, 0.15) is 15.9 Å². The summed E-state index contributed by atoms with van der Waals surface area (Å²) in [6.07, 6.45) is 0. The minimum absolute atomic E-state index is 0.0776. The molecule has 0 N–H and O–H groups in total. The van der Waals surface area contributed by atoms with Crippen LogP contribution in [0.5, 0.6) is 11.5 Å². The molecule has 31 heavy (non-hydrogen) atoms. The summed E-state index contributed by atoms with van der Waals surface area (Å²) in [4.78, 5) is 29.7. The van der Waals surface area contributed by atoms with Gasteiger partial charge in [0.25, 0.3) is 11.6 Å². The molecule has 164 valence electrons. The lowest BCUT2D eigenvalue weighted by molar-refractivity contribution is -0.384. The van der Waals surface area contributed by atoms with Gasteiger partial charge in [-0.05, 0) is 23.8 Å². The van der Waals surface area contributed by atoms with Crippen molar-refractivity contribution in [2.45, 2.75) is 6.54 Å². The highest BCUT2D eigenvalue weighted by atomic mass is 16.6. The zero-order valence-electron chi connectivity index (χ0n) is 17.7. The quantitative estimate of drug-likeness (QED) is 0.536. The third-order valence-corrected chi connectivity index (χ3v) is 5.58. The van der Waals surface area contributed by atoms with Crippen molar-refractivity contribution in [3.8, 4) is 11.5 Å². The maximum Gasteiger partial charge on any atom is 0.270 e. The van der Waals surface area contributed by atoms with Gasteiger partial charge in [-0.3, -0.25) is 19.8 Å². The molecule has 2 aromatic rings. The topological polar surface area (TPSA) is 88.4 Å². The summed E-state index contributed by atoms with van der Waals surface area (Å²) in [5.41, 5.74) is 2.09. The van der Waals surface area contributed by atoms with E-state index in [2.05, 4.69) is 4.90 Å². The van der Waals surface area contributed by atoms with Gasteiger partial charge in [-0.25, -0.2) is 0 Å². The Hall–Kier alpha value is -3.33. The molecule has 4 rings (SSSR count). The lowest BCUT2D eigenvalue weighted by atomic mass is 10.1. The monoisotopic (exact) mass is 426 g/mol. The minimum atomic E-state index is -0.471. The number of hydrogen-bond donors (Lipinski definition) is 0. The standard InChI is InChI=1S/C22H26N4O5/c1-23(2)19-5-4-17(26(28)29)14-18(19)22(27)25-9-7-24(8-10-25)15-16-3-6-20-21(13-16)31-12-11-30-20/h3-6,13-14H,7-12,15H2,1-2H3. The first-order valence-electron chi connectivity index (χ1n) is 10.3. The molecule has 0 radical (unpaired) electrons. The second-order valence-electron chi connectivity index (χ2n) is 7.90. The first-order valence-corrected chi connectivity index (χ1v) is 10.3. The molecule has 0 bridgehead atoms. The lowest BCUT2D eigenvalue weighted by Crippen LogP contribution is -2.48. The van der Waals surface area contributed by atoms with Crippen LogP contribution in [-0.4, -0.2) is 74.1 Å². The molecule has 2 aromatic carbocycles. The second-order valence-corrected chi connectivity index (χ2v) is 7.90. The van der Waals surface area contributed by atoms with Crippen LogP contribution in [0.3, 0.4) is 0 Å².